The third kappa shape index (κ3) is 3.04. The molecule has 0 saturated heterocycles. The van der Waals surface area contributed by atoms with E-state index < -0.39 is 23.3 Å². The van der Waals surface area contributed by atoms with Crippen molar-refractivity contribution in [1.29, 1.82) is 0 Å². The molecule has 0 amide bonds. The van der Waals surface area contributed by atoms with E-state index in [-0.39, 0.29) is 30.1 Å². The van der Waals surface area contributed by atoms with E-state index in [4.69, 9.17) is 14.2 Å². The molecule has 0 spiro atoms. The van der Waals surface area contributed by atoms with Crippen molar-refractivity contribution in [1.82, 2.24) is 0 Å². The molecule has 132 valence electrons. The van der Waals surface area contributed by atoms with Gasteiger partial charge >= 0.3 is 0 Å². The fourth-order valence-electron chi connectivity index (χ4n) is 3.13. The van der Waals surface area contributed by atoms with E-state index in [1.807, 2.05) is 0 Å². The molecule has 0 bridgehead atoms. The van der Waals surface area contributed by atoms with Gasteiger partial charge in [-0.2, -0.15) is 0 Å². The predicted molar refractivity (Wildman–Crippen MR) is 86.1 cm³/mol. The van der Waals surface area contributed by atoms with E-state index in [9.17, 15) is 19.8 Å². The van der Waals surface area contributed by atoms with Gasteiger partial charge in [0.1, 0.15) is 29.8 Å². The van der Waals surface area contributed by atoms with Crippen LogP contribution in [0.2, 0.25) is 0 Å². The molecular weight excluding hydrogens is 328 g/mol. The first-order chi connectivity index (χ1) is 11.9. The average Bonchev–Trinajstić information content (AvgIpc) is 2.58. The number of carbonyl (C=O) groups is 2. The lowest BCUT2D eigenvalue weighted by molar-refractivity contribution is -0.132. The van der Waals surface area contributed by atoms with Gasteiger partial charge in [0.25, 0.3) is 0 Å². The molecule has 25 heavy (non-hydrogen) atoms. The minimum atomic E-state index is -1.54. The van der Waals surface area contributed by atoms with Crippen molar-refractivity contribution in [3.63, 3.8) is 0 Å². The number of benzene rings is 1. The Morgan fingerprint density at radius 1 is 1.24 bits per heavy atom. The van der Waals surface area contributed by atoms with Crippen LogP contribution in [0.25, 0.3) is 0 Å². The van der Waals surface area contributed by atoms with Crippen LogP contribution < -0.4 is 4.74 Å². The number of carbonyl (C=O) groups excluding carboxylic acids is 2. The zero-order chi connectivity index (χ0) is 18.2. The Balaban J connectivity index is 1.91. The summed E-state index contributed by atoms with van der Waals surface area (Å²) < 4.78 is 15.8. The van der Waals surface area contributed by atoms with Crippen molar-refractivity contribution >= 4 is 11.6 Å². The molecule has 3 rings (SSSR count). The minimum Gasteiger partial charge on any atom is -0.508 e. The Hall–Kier alpha value is -2.64. The monoisotopic (exact) mass is 346 g/mol. The summed E-state index contributed by atoms with van der Waals surface area (Å²) >= 11 is 0. The number of phenolic OH excluding ortho intramolecular Hbond substituents is 1. The smallest absolute Gasteiger partial charge is 0.220 e. The Kier molecular flexibility index (Phi) is 4.36. The van der Waals surface area contributed by atoms with E-state index >= 15 is 0 Å². The average molecular weight is 346 g/mol. The first kappa shape index (κ1) is 17.2. The second kappa shape index (κ2) is 6.34. The first-order valence-corrected chi connectivity index (χ1v) is 7.64. The Labute approximate surface area is 144 Å². The van der Waals surface area contributed by atoms with Gasteiger partial charge in [-0.05, 0) is 18.2 Å². The highest BCUT2D eigenvalue weighted by atomic mass is 16.5. The van der Waals surface area contributed by atoms with Crippen molar-refractivity contribution in [2.75, 3.05) is 20.8 Å². The second-order valence-corrected chi connectivity index (χ2v) is 6.02. The number of ether oxygens (including phenoxy) is 3. The molecule has 0 fully saturated rings. The zero-order valence-corrected chi connectivity index (χ0v) is 13.8. The van der Waals surface area contributed by atoms with Crippen LogP contribution in [-0.2, 0) is 19.1 Å². The molecular formula is C18H18O7. The van der Waals surface area contributed by atoms with Crippen molar-refractivity contribution in [2.45, 2.75) is 18.1 Å². The molecule has 2 atom stereocenters. The molecule has 7 nitrogen and oxygen atoms in total. The third-order valence-corrected chi connectivity index (χ3v) is 4.32. The van der Waals surface area contributed by atoms with Crippen molar-refractivity contribution < 1.29 is 34.0 Å². The number of ketones is 2. The van der Waals surface area contributed by atoms with Crippen LogP contribution in [0.3, 0.4) is 0 Å². The number of fused-ring (bicyclic) bond motifs is 1. The molecule has 0 unspecified atom stereocenters. The molecule has 1 heterocycles. The van der Waals surface area contributed by atoms with Crippen molar-refractivity contribution in [2.24, 2.45) is 0 Å². The molecule has 0 saturated carbocycles. The molecule has 2 aliphatic rings. The maximum atomic E-state index is 12.2. The number of hydrogen-bond acceptors (Lipinski definition) is 7. The number of rotatable bonds is 4. The highest BCUT2D eigenvalue weighted by Crippen LogP contribution is 2.44. The van der Waals surface area contributed by atoms with Crippen molar-refractivity contribution in [3.8, 4) is 11.5 Å². The van der Waals surface area contributed by atoms with Gasteiger partial charge in [-0.15, -0.1) is 0 Å². The maximum Gasteiger partial charge on any atom is 0.220 e. The third-order valence-electron chi connectivity index (χ3n) is 4.32. The van der Waals surface area contributed by atoms with Gasteiger partial charge < -0.3 is 24.4 Å². The highest BCUT2D eigenvalue weighted by Gasteiger charge is 2.45. The van der Waals surface area contributed by atoms with Gasteiger partial charge in [-0.1, -0.05) is 0 Å². The van der Waals surface area contributed by atoms with Gasteiger partial charge in [-0.3, -0.25) is 9.59 Å². The van der Waals surface area contributed by atoms with Gasteiger partial charge in [0.05, 0.1) is 7.11 Å². The lowest BCUT2D eigenvalue weighted by atomic mass is 9.81. The predicted octanol–water partition coefficient (Wildman–Crippen LogP) is 1.20. The van der Waals surface area contributed by atoms with E-state index in [1.165, 1.54) is 26.4 Å². The largest absolute Gasteiger partial charge is 0.508 e. The van der Waals surface area contributed by atoms with Crippen LogP contribution in [0, 0.1) is 0 Å². The Bertz CT molecular complexity index is 793. The quantitative estimate of drug-likeness (QED) is 0.790. The van der Waals surface area contributed by atoms with Crippen LogP contribution in [0.5, 0.6) is 11.5 Å². The fraction of sp³-hybridized carbons (Fsp3) is 0.333. The van der Waals surface area contributed by atoms with Gasteiger partial charge in [-0.25, -0.2) is 0 Å². The van der Waals surface area contributed by atoms with E-state index in [2.05, 4.69) is 0 Å². The second-order valence-electron chi connectivity index (χ2n) is 6.02. The summed E-state index contributed by atoms with van der Waals surface area (Å²) in [6, 6.07) is 4.49. The molecule has 1 aromatic rings. The van der Waals surface area contributed by atoms with Gasteiger partial charge in [0, 0.05) is 36.8 Å². The number of aromatic hydroxyl groups is 1. The molecule has 7 heteroatoms. The summed E-state index contributed by atoms with van der Waals surface area (Å²) in [6.07, 6.45) is 1.37. The van der Waals surface area contributed by atoms with Crippen LogP contribution in [0.4, 0.5) is 0 Å². The van der Waals surface area contributed by atoms with E-state index in [0.717, 1.165) is 12.2 Å². The van der Waals surface area contributed by atoms with E-state index in [1.54, 1.807) is 6.07 Å². The standard InChI is InChI=1S/C18H18O7/c1-23-16-7-13(20)10(5-14(16)21)8-18(22)9-25-15-6-11(19)3-4-12(15)17(18)24-2/h3-7,17,19,22H,8-9H2,1-2H3/t17-,18+/m0/s1. The van der Waals surface area contributed by atoms with Crippen LogP contribution >= 0.6 is 0 Å². The number of allylic oxidation sites excluding steroid dienone is 2. The Morgan fingerprint density at radius 2 is 2.00 bits per heavy atom. The normalized spacial score (nSPS) is 25.6. The summed E-state index contributed by atoms with van der Waals surface area (Å²) in [5.41, 5.74) is -0.836. The molecule has 2 N–H and O–H groups in total. The summed E-state index contributed by atoms with van der Waals surface area (Å²) in [6.45, 7) is -0.151. The fourth-order valence-corrected chi connectivity index (χ4v) is 3.13. The first-order valence-electron chi connectivity index (χ1n) is 7.64. The SMILES string of the molecule is COC1=CC(=O)C(C[C@@]2(O)COc3cc(O)ccc3[C@@H]2OC)=CC1=O. The molecule has 0 aromatic heterocycles. The van der Waals surface area contributed by atoms with E-state index in [0.29, 0.717) is 11.3 Å². The summed E-state index contributed by atoms with van der Waals surface area (Å²) in [7, 11) is 2.74. The topological polar surface area (TPSA) is 102 Å². The van der Waals surface area contributed by atoms with Crippen LogP contribution in [0.1, 0.15) is 18.1 Å². The van der Waals surface area contributed by atoms with Crippen LogP contribution in [-0.4, -0.2) is 48.2 Å². The molecule has 1 aliphatic carbocycles. The summed E-state index contributed by atoms with van der Waals surface area (Å²) in [5.74, 6) is -0.442. The van der Waals surface area contributed by atoms with Crippen molar-refractivity contribution in [3.05, 3.63) is 47.2 Å². The molecule has 0 radical (unpaired) electrons. The maximum absolute atomic E-state index is 12.2. The Morgan fingerprint density at radius 3 is 2.68 bits per heavy atom. The minimum absolute atomic E-state index is 0.0343. The number of hydrogen-bond donors (Lipinski definition) is 2. The van der Waals surface area contributed by atoms with Crippen LogP contribution in [0.15, 0.2) is 41.7 Å². The van der Waals surface area contributed by atoms with Gasteiger partial charge in [0.2, 0.25) is 5.78 Å². The molecule has 1 aliphatic heterocycles. The lowest BCUT2D eigenvalue weighted by Gasteiger charge is -2.40. The zero-order valence-electron chi connectivity index (χ0n) is 13.8. The van der Waals surface area contributed by atoms with Gasteiger partial charge in [0.15, 0.2) is 11.5 Å². The number of phenols is 1. The summed E-state index contributed by atoms with van der Waals surface area (Å²) in [5, 5.41) is 20.6. The summed E-state index contributed by atoms with van der Waals surface area (Å²) in [4.78, 5) is 24.1. The number of aliphatic hydroxyl groups is 1. The molecule has 1 aromatic carbocycles. The highest BCUT2D eigenvalue weighted by molar-refractivity contribution is 6.19. The number of methoxy groups -OCH3 is 2. The lowest BCUT2D eigenvalue weighted by Crippen LogP contribution is -2.47.